The lowest BCUT2D eigenvalue weighted by Crippen LogP contribution is -2.37. The Labute approximate surface area is 126 Å². The predicted molar refractivity (Wildman–Crippen MR) is 83.6 cm³/mol. The summed E-state index contributed by atoms with van der Waals surface area (Å²) in [4.78, 5) is 16.5. The van der Waals surface area contributed by atoms with Crippen LogP contribution in [0, 0.1) is 0 Å². The summed E-state index contributed by atoms with van der Waals surface area (Å²) in [5.74, 6) is 0.128. The average Bonchev–Trinajstić information content (AvgIpc) is 3.06. The molecule has 2 nitrogen and oxygen atoms in total. The minimum absolute atomic E-state index is 0.128. The maximum atomic E-state index is 12.4. The van der Waals surface area contributed by atoms with Gasteiger partial charge in [0.15, 0.2) is 5.78 Å². The van der Waals surface area contributed by atoms with Crippen LogP contribution in [0.1, 0.15) is 34.4 Å². The first-order valence-electron chi connectivity index (χ1n) is 6.05. The minimum atomic E-state index is -0.160. The molecule has 2 rings (SSSR count). The van der Waals surface area contributed by atoms with Crippen LogP contribution in [0.4, 0.5) is 0 Å². The first kappa shape index (κ1) is 14.7. The number of nitrogens with zero attached hydrogens (tertiary/aromatic N) is 1. The van der Waals surface area contributed by atoms with Gasteiger partial charge in [0.2, 0.25) is 0 Å². The predicted octanol–water partition coefficient (Wildman–Crippen LogP) is 4.73. The van der Waals surface area contributed by atoms with E-state index in [4.69, 9.17) is 11.6 Å². The lowest BCUT2D eigenvalue weighted by Gasteiger charge is -2.29. The summed E-state index contributed by atoms with van der Waals surface area (Å²) in [5.41, 5.74) is 0. The molecule has 0 saturated carbocycles. The Morgan fingerprint density at radius 1 is 1.32 bits per heavy atom. The summed E-state index contributed by atoms with van der Waals surface area (Å²) in [5, 5.41) is 2.06. The number of Topliss-reactive ketones (excluding diaryl/α,β-unsaturated/α-hetero) is 1. The van der Waals surface area contributed by atoms with Gasteiger partial charge >= 0.3 is 0 Å². The Balaban J connectivity index is 2.10. The molecule has 19 heavy (non-hydrogen) atoms. The molecule has 0 amide bonds. The highest BCUT2D eigenvalue weighted by Crippen LogP contribution is 2.28. The Hall–Kier alpha value is -0.680. The van der Waals surface area contributed by atoms with Crippen LogP contribution in [0.3, 0.4) is 0 Å². The third-order valence-corrected chi connectivity index (χ3v) is 5.66. The van der Waals surface area contributed by atoms with Gasteiger partial charge in [-0.25, -0.2) is 0 Å². The maximum Gasteiger partial charge on any atom is 0.189 e. The molecule has 0 fully saturated rings. The largest absolute Gasteiger partial charge is 0.291 e. The molecule has 2 atom stereocenters. The van der Waals surface area contributed by atoms with Crippen LogP contribution in [0.25, 0.3) is 0 Å². The van der Waals surface area contributed by atoms with E-state index in [1.54, 1.807) is 23.5 Å². The Morgan fingerprint density at radius 2 is 2.05 bits per heavy atom. The van der Waals surface area contributed by atoms with Crippen LogP contribution < -0.4 is 0 Å². The molecule has 0 aliphatic carbocycles. The topological polar surface area (TPSA) is 20.3 Å². The van der Waals surface area contributed by atoms with Crippen LogP contribution >= 0.6 is 34.3 Å². The first-order chi connectivity index (χ1) is 9.00. The fraction of sp³-hybridized carbons (Fsp3) is 0.357. The van der Waals surface area contributed by atoms with Crippen LogP contribution in [0.15, 0.2) is 29.6 Å². The SMILES string of the molecule is CC(C(=O)c1ccc(Cl)s1)N(C)C(C)c1cccs1. The summed E-state index contributed by atoms with van der Waals surface area (Å²) in [7, 11) is 1.99. The number of halogens is 1. The first-order valence-corrected chi connectivity index (χ1v) is 8.13. The third-order valence-electron chi connectivity index (χ3n) is 3.37. The van der Waals surface area contributed by atoms with Crippen molar-refractivity contribution in [3.63, 3.8) is 0 Å². The van der Waals surface area contributed by atoms with Gasteiger partial charge in [0.1, 0.15) is 0 Å². The van der Waals surface area contributed by atoms with E-state index in [0.717, 1.165) is 4.88 Å². The van der Waals surface area contributed by atoms with Gasteiger partial charge in [0.05, 0.1) is 15.3 Å². The number of carbonyl (C=O) groups excluding carboxylic acids is 1. The summed E-state index contributed by atoms with van der Waals surface area (Å²) < 4.78 is 0.657. The number of likely N-dealkylation sites (N-methyl/N-ethyl adjacent to an activating group) is 1. The second kappa shape index (κ2) is 6.18. The number of rotatable bonds is 5. The third kappa shape index (κ3) is 3.26. The molecular formula is C14H16ClNOS2. The molecule has 0 aliphatic rings. The fourth-order valence-electron chi connectivity index (χ4n) is 1.90. The van der Waals surface area contributed by atoms with Gasteiger partial charge in [-0.15, -0.1) is 22.7 Å². The smallest absolute Gasteiger partial charge is 0.189 e. The summed E-state index contributed by atoms with van der Waals surface area (Å²) >= 11 is 8.95. The summed E-state index contributed by atoms with van der Waals surface area (Å²) in [6.45, 7) is 4.07. The molecule has 2 unspecified atom stereocenters. The van der Waals surface area contributed by atoms with Crippen LogP contribution in [0.2, 0.25) is 4.34 Å². The van der Waals surface area contributed by atoms with E-state index >= 15 is 0 Å². The van der Waals surface area contributed by atoms with E-state index in [2.05, 4.69) is 23.3 Å². The van der Waals surface area contributed by atoms with Crippen molar-refractivity contribution in [1.82, 2.24) is 4.90 Å². The number of hydrogen-bond acceptors (Lipinski definition) is 4. The van der Waals surface area contributed by atoms with E-state index in [0.29, 0.717) is 4.34 Å². The maximum absolute atomic E-state index is 12.4. The van der Waals surface area contributed by atoms with Crippen molar-refractivity contribution in [1.29, 1.82) is 0 Å². The van der Waals surface area contributed by atoms with Crippen LogP contribution in [-0.2, 0) is 0 Å². The van der Waals surface area contributed by atoms with E-state index in [1.165, 1.54) is 16.2 Å². The normalized spacial score (nSPS) is 14.6. The van der Waals surface area contributed by atoms with Crippen molar-refractivity contribution in [3.8, 4) is 0 Å². The highest BCUT2D eigenvalue weighted by molar-refractivity contribution is 7.18. The lowest BCUT2D eigenvalue weighted by molar-refractivity contribution is 0.0832. The van der Waals surface area contributed by atoms with Crippen molar-refractivity contribution < 1.29 is 4.79 Å². The fourth-order valence-corrected chi connectivity index (χ4v) is 3.80. The molecular weight excluding hydrogens is 298 g/mol. The zero-order chi connectivity index (χ0) is 14.0. The van der Waals surface area contributed by atoms with E-state index in [-0.39, 0.29) is 17.9 Å². The molecule has 5 heteroatoms. The zero-order valence-corrected chi connectivity index (χ0v) is 13.5. The Bertz CT molecular complexity index is 550. The van der Waals surface area contributed by atoms with Crippen LogP contribution in [-0.4, -0.2) is 23.8 Å². The van der Waals surface area contributed by atoms with Crippen molar-refractivity contribution in [2.75, 3.05) is 7.05 Å². The molecule has 2 heterocycles. The lowest BCUT2D eigenvalue weighted by atomic mass is 10.1. The molecule has 2 aromatic heterocycles. The van der Waals surface area contributed by atoms with Crippen LogP contribution in [0.5, 0.6) is 0 Å². The average molecular weight is 314 g/mol. The summed E-state index contributed by atoms with van der Waals surface area (Å²) in [6, 6.07) is 7.78. The Kier molecular flexibility index (Phi) is 4.79. The molecule has 102 valence electrons. The van der Waals surface area contributed by atoms with E-state index in [1.807, 2.05) is 20.0 Å². The molecule has 0 saturated heterocycles. The molecule has 0 radical (unpaired) electrons. The number of thiophene rings is 2. The second-order valence-electron chi connectivity index (χ2n) is 4.50. The number of ketones is 1. The van der Waals surface area contributed by atoms with Gasteiger partial charge in [0.25, 0.3) is 0 Å². The summed E-state index contributed by atoms with van der Waals surface area (Å²) in [6.07, 6.45) is 0. The molecule has 0 N–H and O–H groups in total. The molecule has 0 bridgehead atoms. The van der Waals surface area contributed by atoms with Gasteiger partial charge in [-0.2, -0.15) is 0 Å². The van der Waals surface area contributed by atoms with Crippen molar-refractivity contribution in [2.24, 2.45) is 0 Å². The van der Waals surface area contributed by atoms with Gasteiger partial charge in [0, 0.05) is 10.9 Å². The second-order valence-corrected chi connectivity index (χ2v) is 7.20. The van der Waals surface area contributed by atoms with Crippen molar-refractivity contribution >= 4 is 40.1 Å². The molecule has 0 aliphatic heterocycles. The van der Waals surface area contributed by atoms with E-state index < -0.39 is 0 Å². The van der Waals surface area contributed by atoms with Gasteiger partial charge < -0.3 is 0 Å². The number of hydrogen-bond donors (Lipinski definition) is 0. The quantitative estimate of drug-likeness (QED) is 0.744. The van der Waals surface area contributed by atoms with E-state index in [9.17, 15) is 4.79 Å². The van der Waals surface area contributed by atoms with Gasteiger partial charge in [-0.1, -0.05) is 17.7 Å². The monoisotopic (exact) mass is 313 g/mol. The minimum Gasteiger partial charge on any atom is -0.291 e. The zero-order valence-electron chi connectivity index (χ0n) is 11.1. The molecule has 0 spiro atoms. The number of carbonyl (C=O) groups is 1. The van der Waals surface area contributed by atoms with Gasteiger partial charge in [-0.3, -0.25) is 9.69 Å². The van der Waals surface area contributed by atoms with Crippen molar-refractivity contribution in [3.05, 3.63) is 43.7 Å². The molecule has 2 aromatic rings. The molecule has 0 aromatic carbocycles. The van der Waals surface area contributed by atoms with Crippen molar-refractivity contribution in [2.45, 2.75) is 25.9 Å². The van der Waals surface area contributed by atoms with Gasteiger partial charge in [-0.05, 0) is 44.5 Å². The highest BCUT2D eigenvalue weighted by atomic mass is 35.5. The Morgan fingerprint density at radius 3 is 2.58 bits per heavy atom. The standard InChI is InChI=1S/C14H16ClNOS2/c1-9(11-5-4-8-18-11)16(3)10(2)14(17)12-6-7-13(15)19-12/h4-10H,1-3H3. The highest BCUT2D eigenvalue weighted by Gasteiger charge is 2.25.